The zero-order chi connectivity index (χ0) is 17.8. The highest BCUT2D eigenvalue weighted by atomic mass is 19.4. The van der Waals surface area contributed by atoms with Gasteiger partial charge >= 0.3 is 12.1 Å². The van der Waals surface area contributed by atoms with E-state index in [0.717, 1.165) is 4.90 Å². The SMILES string of the molecule is CC(C)CCC(=O)NCC(=O)N1CCC(C(=O)O)(C(F)(F)F)C1. The van der Waals surface area contributed by atoms with Crippen LogP contribution in [-0.2, 0) is 14.4 Å². The van der Waals surface area contributed by atoms with Crippen molar-refractivity contribution in [3.05, 3.63) is 0 Å². The molecule has 0 aliphatic carbocycles. The van der Waals surface area contributed by atoms with E-state index in [1.54, 1.807) is 0 Å². The Hall–Kier alpha value is -1.80. The van der Waals surface area contributed by atoms with Gasteiger partial charge in [0.15, 0.2) is 5.41 Å². The molecule has 0 aromatic carbocycles. The molecule has 1 rings (SSSR count). The van der Waals surface area contributed by atoms with Gasteiger partial charge in [0.1, 0.15) is 0 Å². The topological polar surface area (TPSA) is 86.7 Å². The predicted octanol–water partition coefficient (Wildman–Crippen LogP) is 1.40. The predicted molar refractivity (Wildman–Crippen MR) is 74.4 cm³/mol. The Bertz CT molecular complexity index is 479. The fourth-order valence-corrected chi connectivity index (χ4v) is 2.34. The number of carboxylic acids is 1. The van der Waals surface area contributed by atoms with Crippen LogP contribution in [-0.4, -0.2) is 53.6 Å². The average Bonchev–Trinajstić information content (AvgIpc) is 2.88. The average molecular weight is 338 g/mol. The number of hydrogen-bond donors (Lipinski definition) is 2. The fraction of sp³-hybridized carbons (Fsp3) is 0.786. The maximum atomic E-state index is 13.0. The van der Waals surface area contributed by atoms with Crippen molar-refractivity contribution in [2.24, 2.45) is 11.3 Å². The number of aliphatic carboxylic acids is 1. The molecular weight excluding hydrogens is 317 g/mol. The van der Waals surface area contributed by atoms with Crippen LogP contribution in [0.1, 0.15) is 33.1 Å². The van der Waals surface area contributed by atoms with Crippen molar-refractivity contribution in [3.63, 3.8) is 0 Å². The summed E-state index contributed by atoms with van der Waals surface area (Å²) in [5.41, 5.74) is -2.93. The lowest BCUT2D eigenvalue weighted by Crippen LogP contribution is -2.48. The normalized spacial score (nSPS) is 21.6. The van der Waals surface area contributed by atoms with E-state index in [0.29, 0.717) is 12.3 Å². The van der Waals surface area contributed by atoms with Gasteiger partial charge in [0.2, 0.25) is 11.8 Å². The van der Waals surface area contributed by atoms with Gasteiger partial charge in [-0.15, -0.1) is 0 Å². The minimum Gasteiger partial charge on any atom is -0.481 e. The summed E-state index contributed by atoms with van der Waals surface area (Å²) in [4.78, 5) is 35.2. The van der Waals surface area contributed by atoms with Gasteiger partial charge in [0, 0.05) is 19.5 Å². The summed E-state index contributed by atoms with van der Waals surface area (Å²) in [6, 6.07) is 0. The first kappa shape index (κ1) is 19.2. The van der Waals surface area contributed by atoms with Crippen LogP contribution >= 0.6 is 0 Å². The minimum atomic E-state index is -4.94. The first-order chi connectivity index (χ1) is 10.5. The molecule has 6 nitrogen and oxygen atoms in total. The van der Waals surface area contributed by atoms with Gasteiger partial charge < -0.3 is 15.3 Å². The molecule has 0 saturated carbocycles. The molecule has 0 bridgehead atoms. The monoisotopic (exact) mass is 338 g/mol. The van der Waals surface area contributed by atoms with Crippen LogP contribution in [0, 0.1) is 11.3 Å². The minimum absolute atomic E-state index is 0.229. The van der Waals surface area contributed by atoms with E-state index in [9.17, 15) is 27.6 Å². The number of carbonyl (C=O) groups is 3. The third-order valence-corrected chi connectivity index (χ3v) is 3.96. The van der Waals surface area contributed by atoms with Crippen LogP contribution in [0.15, 0.2) is 0 Å². The van der Waals surface area contributed by atoms with Gasteiger partial charge in [-0.2, -0.15) is 13.2 Å². The number of carboxylic acid groups (broad SMARTS) is 1. The number of halogens is 3. The van der Waals surface area contributed by atoms with Gasteiger partial charge in [-0.25, -0.2) is 0 Å². The van der Waals surface area contributed by atoms with Crippen LogP contribution < -0.4 is 5.32 Å². The zero-order valence-corrected chi connectivity index (χ0v) is 13.1. The molecule has 2 amide bonds. The highest BCUT2D eigenvalue weighted by Gasteiger charge is 2.64. The van der Waals surface area contributed by atoms with Crippen molar-refractivity contribution >= 4 is 17.8 Å². The molecule has 1 fully saturated rings. The largest absolute Gasteiger partial charge is 0.481 e. The number of hydrogen-bond acceptors (Lipinski definition) is 3. The van der Waals surface area contributed by atoms with E-state index in [1.807, 2.05) is 13.8 Å². The number of alkyl halides is 3. The molecule has 1 unspecified atom stereocenters. The second kappa shape index (κ2) is 7.18. The molecule has 1 aliphatic rings. The van der Waals surface area contributed by atoms with Crippen LogP contribution in [0.4, 0.5) is 13.2 Å². The Balaban J connectivity index is 2.57. The van der Waals surface area contributed by atoms with Gasteiger partial charge in [0.05, 0.1) is 6.54 Å². The first-order valence-electron chi connectivity index (χ1n) is 7.34. The summed E-state index contributed by atoms with van der Waals surface area (Å²) < 4.78 is 39.0. The third-order valence-electron chi connectivity index (χ3n) is 3.96. The Kier molecular flexibility index (Phi) is 6.01. The quantitative estimate of drug-likeness (QED) is 0.766. The fourth-order valence-electron chi connectivity index (χ4n) is 2.34. The third kappa shape index (κ3) is 4.59. The Morgan fingerprint density at radius 3 is 2.35 bits per heavy atom. The number of rotatable bonds is 6. The zero-order valence-electron chi connectivity index (χ0n) is 13.1. The van der Waals surface area contributed by atoms with Crippen molar-refractivity contribution in [2.45, 2.75) is 39.3 Å². The van der Waals surface area contributed by atoms with Crippen molar-refractivity contribution in [1.29, 1.82) is 0 Å². The standard InChI is InChI=1S/C14H21F3N2O4/c1-9(2)3-4-10(20)18-7-11(21)19-6-5-13(8-19,12(22)23)14(15,16)17/h9H,3-8H2,1-2H3,(H,18,20)(H,22,23). The Labute approximate surface area is 132 Å². The van der Waals surface area contributed by atoms with Gasteiger partial charge in [-0.1, -0.05) is 13.8 Å². The maximum Gasteiger partial charge on any atom is 0.406 e. The van der Waals surface area contributed by atoms with E-state index < -0.39 is 43.0 Å². The molecule has 0 radical (unpaired) electrons. The summed E-state index contributed by atoms with van der Waals surface area (Å²) in [5, 5.41) is 11.3. The van der Waals surface area contributed by atoms with Gasteiger partial charge in [-0.05, 0) is 18.8 Å². The molecule has 1 heterocycles. The number of carbonyl (C=O) groups excluding carboxylic acids is 2. The second-order valence-electron chi connectivity index (χ2n) is 6.16. The Morgan fingerprint density at radius 2 is 1.91 bits per heavy atom. The molecule has 0 spiro atoms. The van der Waals surface area contributed by atoms with Crippen molar-refractivity contribution in [3.8, 4) is 0 Å². The lowest BCUT2D eigenvalue weighted by Gasteiger charge is -2.27. The van der Waals surface area contributed by atoms with Crippen LogP contribution in [0.25, 0.3) is 0 Å². The summed E-state index contributed by atoms with van der Waals surface area (Å²) in [6.45, 7) is 2.22. The summed E-state index contributed by atoms with van der Waals surface area (Å²) in [6.07, 6.45) is -4.75. The van der Waals surface area contributed by atoms with Crippen molar-refractivity contribution in [2.75, 3.05) is 19.6 Å². The summed E-state index contributed by atoms with van der Waals surface area (Å²) >= 11 is 0. The van der Waals surface area contributed by atoms with Gasteiger partial charge in [-0.3, -0.25) is 14.4 Å². The molecule has 1 saturated heterocycles. The smallest absolute Gasteiger partial charge is 0.406 e. The van der Waals surface area contributed by atoms with E-state index in [2.05, 4.69) is 5.32 Å². The van der Waals surface area contributed by atoms with Crippen LogP contribution in [0.5, 0.6) is 0 Å². The molecule has 1 atom stereocenters. The summed E-state index contributed by atoms with van der Waals surface area (Å²) in [5.74, 6) is -2.74. The Morgan fingerprint density at radius 1 is 1.30 bits per heavy atom. The van der Waals surface area contributed by atoms with Crippen molar-refractivity contribution in [1.82, 2.24) is 10.2 Å². The van der Waals surface area contributed by atoms with E-state index in [4.69, 9.17) is 5.11 Å². The van der Waals surface area contributed by atoms with Crippen molar-refractivity contribution < 1.29 is 32.7 Å². The van der Waals surface area contributed by atoms with E-state index in [1.165, 1.54) is 0 Å². The van der Waals surface area contributed by atoms with Crippen LogP contribution in [0.2, 0.25) is 0 Å². The van der Waals surface area contributed by atoms with Crippen LogP contribution in [0.3, 0.4) is 0 Å². The highest BCUT2D eigenvalue weighted by molar-refractivity contribution is 5.86. The first-order valence-corrected chi connectivity index (χ1v) is 7.34. The number of nitrogens with zero attached hydrogens (tertiary/aromatic N) is 1. The van der Waals surface area contributed by atoms with E-state index >= 15 is 0 Å². The lowest BCUT2D eigenvalue weighted by atomic mass is 9.86. The van der Waals surface area contributed by atoms with Gasteiger partial charge in [0.25, 0.3) is 0 Å². The summed E-state index contributed by atoms with van der Waals surface area (Å²) in [7, 11) is 0. The molecule has 2 N–H and O–H groups in total. The molecule has 132 valence electrons. The maximum absolute atomic E-state index is 13.0. The lowest BCUT2D eigenvalue weighted by molar-refractivity contribution is -0.227. The molecule has 1 aliphatic heterocycles. The molecule has 0 aromatic rings. The van der Waals surface area contributed by atoms with E-state index in [-0.39, 0.29) is 18.9 Å². The molecular formula is C14H21F3N2O4. The number of amides is 2. The second-order valence-corrected chi connectivity index (χ2v) is 6.16. The molecule has 23 heavy (non-hydrogen) atoms. The molecule has 9 heteroatoms. The molecule has 0 aromatic heterocycles. The highest BCUT2D eigenvalue weighted by Crippen LogP contribution is 2.45. The number of likely N-dealkylation sites (tertiary alicyclic amines) is 1. The number of nitrogens with one attached hydrogen (secondary N) is 1.